The fourth-order valence-electron chi connectivity index (χ4n) is 2.26. The molecule has 6 heteroatoms. The van der Waals surface area contributed by atoms with Gasteiger partial charge in [0.15, 0.2) is 0 Å². The maximum Gasteiger partial charge on any atom is 0.241 e. The quantitative estimate of drug-likeness (QED) is 0.871. The summed E-state index contributed by atoms with van der Waals surface area (Å²) in [7, 11) is 0. The van der Waals surface area contributed by atoms with Crippen LogP contribution in [-0.2, 0) is 4.79 Å². The lowest BCUT2D eigenvalue weighted by Crippen LogP contribution is -2.36. The molecule has 0 radical (unpaired) electrons. The molecular formula is C17H24ClN3O2. The van der Waals surface area contributed by atoms with Crippen LogP contribution in [0, 0.1) is 19.8 Å². The number of benzene rings is 1. The average molecular weight is 338 g/mol. The summed E-state index contributed by atoms with van der Waals surface area (Å²) in [6.45, 7) is 7.94. The van der Waals surface area contributed by atoms with Crippen LogP contribution in [0.25, 0.3) is 11.5 Å². The van der Waals surface area contributed by atoms with E-state index in [1.54, 1.807) is 6.26 Å². The molecule has 3 N–H and O–H groups in total. The number of nitrogens with zero attached hydrogens (tertiary/aromatic N) is 1. The molecule has 0 saturated carbocycles. The molecule has 23 heavy (non-hydrogen) atoms. The van der Waals surface area contributed by atoms with E-state index in [2.05, 4.69) is 10.3 Å². The maximum absolute atomic E-state index is 12.1. The monoisotopic (exact) mass is 337 g/mol. The van der Waals surface area contributed by atoms with Crippen LogP contribution in [0.4, 0.5) is 5.69 Å². The van der Waals surface area contributed by atoms with Crippen molar-refractivity contribution in [3.05, 3.63) is 35.7 Å². The smallest absolute Gasteiger partial charge is 0.241 e. The molecule has 1 aromatic carbocycles. The molecule has 0 unspecified atom stereocenters. The fraction of sp³-hybridized carbons (Fsp3) is 0.412. The van der Waals surface area contributed by atoms with E-state index >= 15 is 0 Å². The minimum atomic E-state index is -0.506. The molecule has 0 aliphatic rings. The van der Waals surface area contributed by atoms with Crippen molar-refractivity contribution in [2.24, 2.45) is 11.7 Å². The summed E-state index contributed by atoms with van der Waals surface area (Å²) >= 11 is 0. The van der Waals surface area contributed by atoms with Gasteiger partial charge in [-0.3, -0.25) is 4.79 Å². The van der Waals surface area contributed by atoms with Gasteiger partial charge >= 0.3 is 0 Å². The van der Waals surface area contributed by atoms with E-state index in [0.29, 0.717) is 23.9 Å². The Morgan fingerprint density at radius 2 is 2.04 bits per heavy atom. The average Bonchev–Trinajstić information content (AvgIpc) is 2.86. The molecule has 2 aromatic rings. The Kier molecular flexibility index (Phi) is 6.79. The Bertz CT molecular complexity index is 668. The second-order valence-electron chi connectivity index (χ2n) is 6.05. The third-order valence-electron chi connectivity index (χ3n) is 3.42. The number of amides is 1. The predicted molar refractivity (Wildman–Crippen MR) is 94.7 cm³/mol. The van der Waals surface area contributed by atoms with Crippen LogP contribution in [0.5, 0.6) is 0 Å². The van der Waals surface area contributed by atoms with Crippen LogP contribution in [0.3, 0.4) is 0 Å². The van der Waals surface area contributed by atoms with Crippen LogP contribution >= 0.6 is 12.4 Å². The van der Waals surface area contributed by atoms with E-state index in [1.807, 2.05) is 45.9 Å². The molecule has 0 aliphatic carbocycles. The van der Waals surface area contributed by atoms with Gasteiger partial charge in [-0.15, -0.1) is 12.4 Å². The fourth-order valence-corrected chi connectivity index (χ4v) is 2.26. The predicted octanol–water partition coefficient (Wildman–Crippen LogP) is 3.69. The number of hydrogen-bond acceptors (Lipinski definition) is 4. The number of carbonyl (C=O) groups excluding carboxylic acids is 1. The summed E-state index contributed by atoms with van der Waals surface area (Å²) in [5.41, 5.74) is 9.32. The van der Waals surface area contributed by atoms with E-state index < -0.39 is 6.04 Å². The zero-order valence-electron chi connectivity index (χ0n) is 13.9. The molecule has 2 rings (SSSR count). The van der Waals surface area contributed by atoms with Crippen molar-refractivity contribution in [3.63, 3.8) is 0 Å². The Morgan fingerprint density at radius 3 is 2.61 bits per heavy atom. The number of nitrogens with two attached hydrogens (primary N) is 1. The third kappa shape index (κ3) is 5.08. The first-order chi connectivity index (χ1) is 10.4. The summed E-state index contributed by atoms with van der Waals surface area (Å²) < 4.78 is 5.44. The maximum atomic E-state index is 12.1. The third-order valence-corrected chi connectivity index (χ3v) is 3.42. The van der Waals surface area contributed by atoms with Crippen molar-refractivity contribution in [1.82, 2.24) is 4.98 Å². The van der Waals surface area contributed by atoms with Gasteiger partial charge in [0.2, 0.25) is 11.8 Å². The van der Waals surface area contributed by atoms with E-state index in [4.69, 9.17) is 10.2 Å². The van der Waals surface area contributed by atoms with Gasteiger partial charge in [-0.1, -0.05) is 19.9 Å². The van der Waals surface area contributed by atoms with Gasteiger partial charge in [-0.05, 0) is 43.9 Å². The van der Waals surface area contributed by atoms with Gasteiger partial charge in [0.25, 0.3) is 0 Å². The van der Waals surface area contributed by atoms with Crippen LogP contribution < -0.4 is 11.1 Å². The zero-order valence-corrected chi connectivity index (χ0v) is 14.7. The molecule has 1 heterocycles. The number of nitrogens with one attached hydrogen (secondary N) is 1. The number of anilines is 1. The van der Waals surface area contributed by atoms with Crippen molar-refractivity contribution in [2.75, 3.05) is 5.32 Å². The number of carbonyl (C=O) groups is 1. The number of aryl methyl sites for hydroxylation is 2. The summed E-state index contributed by atoms with van der Waals surface area (Å²) in [4.78, 5) is 16.4. The van der Waals surface area contributed by atoms with Crippen LogP contribution in [-0.4, -0.2) is 16.9 Å². The van der Waals surface area contributed by atoms with Gasteiger partial charge in [-0.25, -0.2) is 4.98 Å². The van der Waals surface area contributed by atoms with Crippen molar-refractivity contribution >= 4 is 24.0 Å². The molecule has 0 aliphatic heterocycles. The number of aromatic nitrogens is 1. The van der Waals surface area contributed by atoms with E-state index in [-0.39, 0.29) is 18.3 Å². The normalized spacial score (nSPS) is 11.9. The minimum Gasteiger partial charge on any atom is -0.444 e. The van der Waals surface area contributed by atoms with Gasteiger partial charge in [0.05, 0.1) is 11.7 Å². The number of rotatable bonds is 5. The van der Waals surface area contributed by atoms with Crippen molar-refractivity contribution in [1.29, 1.82) is 0 Å². The number of halogens is 1. The molecule has 0 fully saturated rings. The highest BCUT2D eigenvalue weighted by Gasteiger charge is 2.16. The molecule has 5 nitrogen and oxygen atoms in total. The van der Waals surface area contributed by atoms with Crippen molar-refractivity contribution in [2.45, 2.75) is 40.2 Å². The van der Waals surface area contributed by atoms with Crippen molar-refractivity contribution < 1.29 is 9.21 Å². The van der Waals surface area contributed by atoms with Gasteiger partial charge in [0.1, 0.15) is 6.26 Å². The molecule has 1 amide bonds. The topological polar surface area (TPSA) is 81.2 Å². The van der Waals surface area contributed by atoms with Crippen LogP contribution in [0.2, 0.25) is 0 Å². The Hall–Kier alpha value is -1.85. The number of hydrogen-bond donors (Lipinski definition) is 2. The first-order valence-electron chi connectivity index (χ1n) is 7.46. The van der Waals surface area contributed by atoms with Gasteiger partial charge < -0.3 is 15.5 Å². The molecule has 1 atom stereocenters. The van der Waals surface area contributed by atoms with Crippen LogP contribution in [0.1, 0.15) is 31.5 Å². The SMILES string of the molecule is Cc1coc(-c2cc(NC(=O)[C@@H](N)CC(C)C)ccc2C)n1.Cl. The molecule has 1 aromatic heterocycles. The van der Waals surface area contributed by atoms with Crippen molar-refractivity contribution in [3.8, 4) is 11.5 Å². The standard InChI is InChI=1S/C17H23N3O2.ClH/c1-10(2)7-15(18)16(21)20-13-6-5-11(3)14(8-13)17-19-12(4)9-22-17;/h5-6,8-10,15H,7,18H2,1-4H3,(H,20,21);1H/t15-;/m0./s1. The Balaban J connectivity index is 0.00000264. The summed E-state index contributed by atoms with van der Waals surface area (Å²) in [5, 5.41) is 2.86. The summed E-state index contributed by atoms with van der Waals surface area (Å²) in [6.07, 6.45) is 2.27. The van der Waals surface area contributed by atoms with Crippen LogP contribution in [0.15, 0.2) is 28.9 Å². The molecule has 0 spiro atoms. The Labute approximate surface area is 143 Å². The summed E-state index contributed by atoms with van der Waals surface area (Å²) in [5.74, 6) is 0.759. The lowest BCUT2D eigenvalue weighted by molar-refractivity contribution is -0.117. The molecule has 126 valence electrons. The molecule has 0 saturated heterocycles. The largest absolute Gasteiger partial charge is 0.444 e. The van der Waals surface area contributed by atoms with Gasteiger partial charge in [0, 0.05) is 11.3 Å². The highest BCUT2D eigenvalue weighted by Crippen LogP contribution is 2.26. The Morgan fingerprint density at radius 1 is 1.35 bits per heavy atom. The first-order valence-corrected chi connectivity index (χ1v) is 7.46. The molecule has 0 bridgehead atoms. The second kappa shape index (κ2) is 8.13. The first kappa shape index (κ1) is 19.2. The lowest BCUT2D eigenvalue weighted by Gasteiger charge is -2.15. The lowest BCUT2D eigenvalue weighted by atomic mass is 10.0. The number of oxazole rings is 1. The highest BCUT2D eigenvalue weighted by molar-refractivity contribution is 5.95. The van der Waals surface area contributed by atoms with Gasteiger partial charge in [-0.2, -0.15) is 0 Å². The van der Waals surface area contributed by atoms with E-state index in [9.17, 15) is 4.79 Å². The van der Waals surface area contributed by atoms with E-state index in [0.717, 1.165) is 16.8 Å². The minimum absolute atomic E-state index is 0. The second-order valence-corrected chi connectivity index (χ2v) is 6.05. The molecular weight excluding hydrogens is 314 g/mol. The highest BCUT2D eigenvalue weighted by atomic mass is 35.5. The van der Waals surface area contributed by atoms with E-state index in [1.165, 1.54) is 0 Å². The zero-order chi connectivity index (χ0) is 16.3. The summed E-state index contributed by atoms with van der Waals surface area (Å²) in [6, 6.07) is 5.14.